The van der Waals surface area contributed by atoms with Crippen LogP contribution in [0.4, 0.5) is 26.4 Å². The van der Waals surface area contributed by atoms with Crippen LogP contribution in [-0.4, -0.2) is 26.7 Å². The lowest BCUT2D eigenvalue weighted by Crippen LogP contribution is -2.20. The summed E-state index contributed by atoms with van der Waals surface area (Å²) in [4.78, 5) is 10.7. The van der Waals surface area contributed by atoms with Crippen molar-refractivity contribution in [2.75, 3.05) is 16.8 Å². The van der Waals surface area contributed by atoms with Crippen LogP contribution >= 0.6 is 0 Å². The van der Waals surface area contributed by atoms with Crippen LogP contribution in [0.1, 0.15) is 67.8 Å². The van der Waals surface area contributed by atoms with E-state index in [-0.39, 0.29) is 18.5 Å². The van der Waals surface area contributed by atoms with E-state index >= 15 is 0 Å². The Kier molecular flexibility index (Phi) is 4.02. The number of alkyl halides is 2. The molecule has 5 rings (SSSR count). The number of nitrogens with zero attached hydrogens (tertiary/aromatic N) is 4. The van der Waals surface area contributed by atoms with Crippen molar-refractivity contribution in [3.63, 3.8) is 0 Å². The first-order valence-corrected chi connectivity index (χ1v) is 9.82. The van der Waals surface area contributed by atoms with Crippen LogP contribution in [0.25, 0.3) is 0 Å². The minimum Gasteiger partial charge on any atom is -0.336 e. The number of hydrogen-bond acceptors (Lipinski definition) is 5. The third kappa shape index (κ3) is 3.04. The predicted octanol–water partition coefficient (Wildman–Crippen LogP) is 4.40. The average Bonchev–Trinajstić information content (AvgIpc) is 3.43. The molecule has 27 heavy (non-hydrogen) atoms. The second-order valence-corrected chi connectivity index (χ2v) is 7.74. The summed E-state index contributed by atoms with van der Waals surface area (Å²) in [5.74, 6) is -0.949. The van der Waals surface area contributed by atoms with Crippen molar-refractivity contribution in [1.29, 1.82) is 0 Å². The van der Waals surface area contributed by atoms with Gasteiger partial charge in [-0.2, -0.15) is 18.9 Å². The summed E-state index contributed by atoms with van der Waals surface area (Å²) in [6.45, 7) is 2.74. The highest BCUT2D eigenvalue weighted by Gasteiger charge is 2.43. The SMILES string of the molecule is FC1(F)CCc2c(Nc3cc(C4CCCC4)[nH]n3)nc(N3[CH]CCC3)nc21. The van der Waals surface area contributed by atoms with E-state index < -0.39 is 5.92 Å². The van der Waals surface area contributed by atoms with Gasteiger partial charge in [-0.05, 0) is 32.1 Å². The summed E-state index contributed by atoms with van der Waals surface area (Å²) in [6.07, 6.45) is 6.81. The molecule has 0 aromatic carbocycles. The van der Waals surface area contributed by atoms with Gasteiger partial charge in [-0.1, -0.05) is 12.8 Å². The fourth-order valence-corrected chi connectivity index (χ4v) is 4.39. The molecule has 0 unspecified atom stereocenters. The van der Waals surface area contributed by atoms with E-state index in [0.29, 0.717) is 29.1 Å². The first-order chi connectivity index (χ1) is 13.1. The molecule has 8 heteroatoms. The number of aromatic amines is 1. The monoisotopic (exact) mass is 373 g/mol. The van der Waals surface area contributed by atoms with E-state index in [0.717, 1.165) is 25.1 Å². The van der Waals surface area contributed by atoms with E-state index in [4.69, 9.17) is 0 Å². The van der Waals surface area contributed by atoms with Gasteiger partial charge in [0.2, 0.25) is 5.95 Å². The fourth-order valence-electron chi connectivity index (χ4n) is 4.39. The molecule has 2 aromatic heterocycles. The number of anilines is 3. The van der Waals surface area contributed by atoms with Crippen molar-refractivity contribution < 1.29 is 8.78 Å². The van der Waals surface area contributed by atoms with Gasteiger partial charge >= 0.3 is 0 Å². The van der Waals surface area contributed by atoms with Crippen LogP contribution in [0.15, 0.2) is 6.07 Å². The lowest BCUT2D eigenvalue weighted by Gasteiger charge is -2.19. The second kappa shape index (κ2) is 6.42. The van der Waals surface area contributed by atoms with Crippen molar-refractivity contribution in [1.82, 2.24) is 20.2 Å². The molecule has 2 aromatic rings. The molecule has 6 nitrogen and oxygen atoms in total. The highest BCUT2D eigenvalue weighted by atomic mass is 19.3. The van der Waals surface area contributed by atoms with Gasteiger partial charge in [-0.25, -0.2) is 4.98 Å². The molecule has 3 heterocycles. The van der Waals surface area contributed by atoms with Gasteiger partial charge < -0.3 is 10.2 Å². The number of aromatic nitrogens is 4. The largest absolute Gasteiger partial charge is 0.336 e. The Morgan fingerprint density at radius 2 is 2.04 bits per heavy atom. The van der Waals surface area contributed by atoms with Crippen LogP contribution in [0, 0.1) is 6.54 Å². The molecule has 2 fully saturated rings. The Balaban J connectivity index is 1.48. The Morgan fingerprint density at radius 3 is 2.81 bits per heavy atom. The van der Waals surface area contributed by atoms with Gasteiger partial charge in [0.05, 0.1) is 6.54 Å². The zero-order valence-corrected chi connectivity index (χ0v) is 15.1. The van der Waals surface area contributed by atoms with Crippen LogP contribution in [0.2, 0.25) is 0 Å². The molecule has 1 aliphatic heterocycles. The molecule has 0 bridgehead atoms. The molecule has 0 atom stereocenters. The van der Waals surface area contributed by atoms with Crippen LogP contribution < -0.4 is 10.2 Å². The second-order valence-electron chi connectivity index (χ2n) is 7.74. The van der Waals surface area contributed by atoms with Gasteiger partial charge in [0.1, 0.15) is 11.5 Å². The highest BCUT2D eigenvalue weighted by molar-refractivity contribution is 5.61. The lowest BCUT2D eigenvalue weighted by molar-refractivity contribution is -0.00590. The van der Waals surface area contributed by atoms with E-state index in [1.54, 1.807) is 0 Å². The molecule has 2 N–H and O–H groups in total. The summed E-state index contributed by atoms with van der Waals surface area (Å²) < 4.78 is 28.7. The molecule has 1 saturated carbocycles. The highest BCUT2D eigenvalue weighted by Crippen LogP contribution is 2.44. The Labute approximate surface area is 156 Å². The van der Waals surface area contributed by atoms with E-state index in [1.807, 2.05) is 17.5 Å². The lowest BCUT2D eigenvalue weighted by atomic mass is 10.0. The van der Waals surface area contributed by atoms with Gasteiger partial charge in [0.25, 0.3) is 5.92 Å². The minimum atomic E-state index is -2.90. The summed E-state index contributed by atoms with van der Waals surface area (Å²) >= 11 is 0. The zero-order valence-electron chi connectivity index (χ0n) is 15.1. The third-order valence-electron chi connectivity index (χ3n) is 5.88. The fraction of sp³-hybridized carbons (Fsp3) is 0.579. The molecule has 0 spiro atoms. The maximum atomic E-state index is 14.4. The minimum absolute atomic E-state index is 0.137. The smallest absolute Gasteiger partial charge is 0.290 e. The third-order valence-corrected chi connectivity index (χ3v) is 5.88. The molecule has 143 valence electrons. The number of fused-ring (bicyclic) bond motifs is 1. The van der Waals surface area contributed by atoms with Gasteiger partial charge in [0, 0.05) is 36.2 Å². The van der Waals surface area contributed by atoms with Crippen LogP contribution in [0.5, 0.6) is 0 Å². The summed E-state index contributed by atoms with van der Waals surface area (Å²) in [5.41, 5.74) is 1.48. The van der Waals surface area contributed by atoms with Gasteiger partial charge in [-0.15, -0.1) is 0 Å². The van der Waals surface area contributed by atoms with E-state index in [2.05, 4.69) is 25.5 Å². The Hall–Kier alpha value is -2.25. The molecular formula is C19H23F2N6. The first kappa shape index (κ1) is 16.9. The maximum Gasteiger partial charge on any atom is 0.290 e. The molecule has 3 aliphatic rings. The maximum absolute atomic E-state index is 14.4. The van der Waals surface area contributed by atoms with E-state index in [1.165, 1.54) is 25.7 Å². The topological polar surface area (TPSA) is 69.7 Å². The number of nitrogens with one attached hydrogen (secondary N) is 2. The average molecular weight is 373 g/mol. The number of H-pyrrole nitrogens is 1. The summed E-state index contributed by atoms with van der Waals surface area (Å²) in [6, 6.07) is 1.99. The van der Waals surface area contributed by atoms with Crippen molar-refractivity contribution >= 4 is 17.6 Å². The summed E-state index contributed by atoms with van der Waals surface area (Å²) in [5, 5.41) is 10.6. The number of rotatable bonds is 4. The quantitative estimate of drug-likeness (QED) is 0.831. The molecule has 2 aliphatic carbocycles. The van der Waals surface area contributed by atoms with Gasteiger partial charge in [0.15, 0.2) is 5.82 Å². The van der Waals surface area contributed by atoms with Crippen LogP contribution in [-0.2, 0) is 12.3 Å². The number of halogens is 2. The molecule has 1 saturated heterocycles. The normalized spacial score (nSPS) is 21.8. The zero-order chi connectivity index (χ0) is 18.4. The van der Waals surface area contributed by atoms with E-state index in [9.17, 15) is 8.78 Å². The predicted molar refractivity (Wildman–Crippen MR) is 98.2 cm³/mol. The van der Waals surface area contributed by atoms with Gasteiger partial charge in [-0.3, -0.25) is 5.10 Å². The van der Waals surface area contributed by atoms with Crippen molar-refractivity contribution in [3.8, 4) is 0 Å². The van der Waals surface area contributed by atoms with Crippen LogP contribution in [0.3, 0.4) is 0 Å². The Bertz CT molecular complexity index is 837. The summed E-state index contributed by atoms with van der Waals surface area (Å²) in [7, 11) is 0. The molecule has 1 radical (unpaired) electrons. The first-order valence-electron chi connectivity index (χ1n) is 9.82. The Morgan fingerprint density at radius 1 is 1.19 bits per heavy atom. The molecule has 0 amide bonds. The molecular weight excluding hydrogens is 350 g/mol. The van der Waals surface area contributed by atoms with Crippen molar-refractivity contribution in [3.05, 3.63) is 29.6 Å². The number of hydrogen-bond donors (Lipinski definition) is 2. The van der Waals surface area contributed by atoms with Crippen molar-refractivity contribution in [2.45, 2.75) is 63.2 Å². The van der Waals surface area contributed by atoms with Crippen molar-refractivity contribution in [2.24, 2.45) is 0 Å². The standard InChI is InChI=1S/C19H23F2N6/c20-19(21)8-7-13-16(19)23-18(27-9-3-4-10-27)24-17(13)22-15-11-14(25-26-15)12-5-1-2-6-12/h9,11-12H,1-8,10H2,(H2,22,23,24,25,26).